The van der Waals surface area contributed by atoms with Crippen molar-refractivity contribution in [3.05, 3.63) is 46.3 Å². The van der Waals surface area contributed by atoms with E-state index in [4.69, 9.17) is 10.4 Å². The van der Waals surface area contributed by atoms with E-state index in [1.807, 2.05) is 6.07 Å². The van der Waals surface area contributed by atoms with E-state index in [-0.39, 0.29) is 20.3 Å². The Balaban J connectivity index is 2.40. The molecular weight excluding hydrogens is 312 g/mol. The van der Waals surface area contributed by atoms with Gasteiger partial charge in [0, 0.05) is 0 Å². The maximum absolute atomic E-state index is 12.2. The molecule has 2 rings (SSSR count). The van der Waals surface area contributed by atoms with Crippen molar-refractivity contribution in [1.82, 2.24) is 0 Å². The molecule has 0 saturated heterocycles. The first-order valence-electron chi connectivity index (χ1n) is 5.71. The van der Waals surface area contributed by atoms with Crippen molar-refractivity contribution < 1.29 is 18.3 Å². The number of nitrogens with zero attached hydrogens (tertiary/aromatic N) is 1. The Hall–Kier alpha value is -2.37. The molecule has 0 aliphatic rings. The fourth-order valence-electron chi connectivity index (χ4n) is 1.68. The average Bonchev–Trinajstić information content (AvgIpc) is 2.89. The molecule has 1 heterocycles. The van der Waals surface area contributed by atoms with Gasteiger partial charge in [-0.25, -0.2) is 13.2 Å². The Kier molecular flexibility index (Phi) is 3.97. The number of sulfonamides is 1. The van der Waals surface area contributed by atoms with Crippen molar-refractivity contribution in [2.45, 2.75) is 11.1 Å². The summed E-state index contributed by atoms with van der Waals surface area (Å²) in [5.74, 6) is -1.19. The molecule has 2 aromatic rings. The molecule has 21 heavy (non-hydrogen) atoms. The second-order valence-electron chi connectivity index (χ2n) is 4.14. The molecule has 0 radical (unpaired) electrons. The van der Waals surface area contributed by atoms with Gasteiger partial charge >= 0.3 is 5.97 Å². The first kappa shape index (κ1) is 15.0. The van der Waals surface area contributed by atoms with Crippen LogP contribution in [0.3, 0.4) is 0 Å². The molecule has 1 aromatic carbocycles. The van der Waals surface area contributed by atoms with Crippen LogP contribution in [0.25, 0.3) is 0 Å². The highest BCUT2D eigenvalue weighted by Crippen LogP contribution is 2.26. The van der Waals surface area contributed by atoms with Crippen LogP contribution in [0.5, 0.6) is 0 Å². The third-order valence-electron chi connectivity index (χ3n) is 2.69. The minimum atomic E-state index is -3.92. The van der Waals surface area contributed by atoms with Gasteiger partial charge in [-0.05, 0) is 30.7 Å². The van der Waals surface area contributed by atoms with Crippen LogP contribution < -0.4 is 4.72 Å². The number of carboxylic acids is 1. The van der Waals surface area contributed by atoms with Crippen molar-refractivity contribution in [1.29, 1.82) is 5.26 Å². The van der Waals surface area contributed by atoms with E-state index in [1.165, 1.54) is 18.2 Å². The summed E-state index contributed by atoms with van der Waals surface area (Å²) in [6.45, 7) is 1.70. The zero-order valence-electron chi connectivity index (χ0n) is 10.8. The second-order valence-corrected chi connectivity index (χ2v) is 7.13. The number of aromatic carboxylic acids is 1. The fourth-order valence-corrected chi connectivity index (χ4v) is 3.89. The molecule has 0 unspecified atom stereocenters. The van der Waals surface area contributed by atoms with Gasteiger partial charge in [-0.15, -0.1) is 11.3 Å². The van der Waals surface area contributed by atoms with Crippen molar-refractivity contribution in [3.8, 4) is 6.07 Å². The average molecular weight is 322 g/mol. The summed E-state index contributed by atoms with van der Waals surface area (Å²) in [4.78, 5) is 10.7. The molecule has 2 N–H and O–H groups in total. The molecule has 0 aliphatic carbocycles. The van der Waals surface area contributed by atoms with Gasteiger partial charge in [-0.1, -0.05) is 12.1 Å². The lowest BCUT2D eigenvalue weighted by molar-refractivity contribution is 0.0702. The number of aryl methyl sites for hydroxylation is 1. The minimum absolute atomic E-state index is 0.0693. The van der Waals surface area contributed by atoms with Crippen LogP contribution in [0.2, 0.25) is 0 Å². The Morgan fingerprint density at radius 2 is 2.05 bits per heavy atom. The van der Waals surface area contributed by atoms with Gasteiger partial charge < -0.3 is 5.11 Å². The first-order chi connectivity index (χ1) is 9.85. The highest BCUT2D eigenvalue weighted by molar-refractivity contribution is 7.94. The predicted molar refractivity (Wildman–Crippen MR) is 78.0 cm³/mol. The van der Waals surface area contributed by atoms with Crippen LogP contribution >= 0.6 is 11.3 Å². The highest BCUT2D eigenvalue weighted by atomic mass is 32.2. The monoisotopic (exact) mass is 322 g/mol. The van der Waals surface area contributed by atoms with Crippen LogP contribution in [0.4, 0.5) is 5.69 Å². The molecule has 108 valence electrons. The summed E-state index contributed by atoms with van der Waals surface area (Å²) in [7, 11) is -3.92. The van der Waals surface area contributed by atoms with E-state index in [1.54, 1.807) is 19.1 Å². The maximum Gasteiger partial charge on any atom is 0.345 e. The molecule has 8 heteroatoms. The van der Waals surface area contributed by atoms with Crippen LogP contribution in [0.15, 0.2) is 34.5 Å². The Morgan fingerprint density at radius 1 is 1.33 bits per heavy atom. The van der Waals surface area contributed by atoms with Crippen LogP contribution in [0.1, 0.15) is 20.8 Å². The van der Waals surface area contributed by atoms with Gasteiger partial charge in [0.25, 0.3) is 10.0 Å². The smallest absolute Gasteiger partial charge is 0.345 e. The van der Waals surface area contributed by atoms with Gasteiger partial charge in [0.05, 0.1) is 11.3 Å². The van der Waals surface area contributed by atoms with Crippen molar-refractivity contribution in [2.75, 3.05) is 4.72 Å². The van der Waals surface area contributed by atoms with Gasteiger partial charge in [-0.3, -0.25) is 4.72 Å². The molecule has 0 bridgehead atoms. The lowest BCUT2D eigenvalue weighted by atomic mass is 10.1. The van der Waals surface area contributed by atoms with E-state index in [2.05, 4.69) is 4.72 Å². The summed E-state index contributed by atoms with van der Waals surface area (Å²) >= 11 is 0.652. The molecule has 0 amide bonds. The van der Waals surface area contributed by atoms with E-state index in [9.17, 15) is 13.2 Å². The fraction of sp³-hybridized carbons (Fsp3) is 0.0769. The van der Waals surface area contributed by atoms with E-state index in [0.717, 1.165) is 0 Å². The van der Waals surface area contributed by atoms with Crippen LogP contribution in [0, 0.1) is 18.3 Å². The first-order valence-corrected chi connectivity index (χ1v) is 8.01. The van der Waals surface area contributed by atoms with Crippen LogP contribution in [-0.2, 0) is 10.0 Å². The van der Waals surface area contributed by atoms with Crippen molar-refractivity contribution in [2.24, 2.45) is 0 Å². The standard InChI is InChI=1S/C13H10N2O4S2/c1-8-3-2-4-10(9(8)7-14)15-21(18,19)12-6-5-11(20-12)13(16)17/h2-6,15H,1H3,(H,16,17). The van der Waals surface area contributed by atoms with Gasteiger partial charge in [0.15, 0.2) is 0 Å². The molecule has 0 atom stereocenters. The molecule has 0 fully saturated rings. The number of hydrogen-bond donors (Lipinski definition) is 2. The summed E-state index contributed by atoms with van der Waals surface area (Å²) in [6.07, 6.45) is 0. The molecule has 1 aromatic heterocycles. The summed E-state index contributed by atoms with van der Waals surface area (Å²) in [5, 5.41) is 17.9. The number of thiophene rings is 1. The number of hydrogen-bond acceptors (Lipinski definition) is 5. The maximum atomic E-state index is 12.2. The summed E-state index contributed by atoms with van der Waals surface area (Å²) < 4.78 is 26.6. The molecule has 0 spiro atoms. The molecule has 0 saturated carbocycles. The number of rotatable bonds is 4. The quantitative estimate of drug-likeness (QED) is 0.899. The number of carboxylic acid groups (broad SMARTS) is 1. The largest absolute Gasteiger partial charge is 0.477 e. The lowest BCUT2D eigenvalue weighted by Crippen LogP contribution is -2.12. The molecule has 6 nitrogen and oxygen atoms in total. The zero-order valence-corrected chi connectivity index (χ0v) is 12.5. The number of benzene rings is 1. The minimum Gasteiger partial charge on any atom is -0.477 e. The van der Waals surface area contributed by atoms with Gasteiger partial charge in [0.2, 0.25) is 0 Å². The van der Waals surface area contributed by atoms with Crippen molar-refractivity contribution >= 4 is 33.0 Å². The third kappa shape index (κ3) is 3.04. The number of anilines is 1. The Morgan fingerprint density at radius 3 is 2.62 bits per heavy atom. The Labute approximate surface area is 125 Å². The van der Waals surface area contributed by atoms with Gasteiger partial charge in [-0.2, -0.15) is 5.26 Å². The van der Waals surface area contributed by atoms with E-state index in [0.29, 0.717) is 16.9 Å². The third-order valence-corrected chi connectivity index (χ3v) is 5.62. The van der Waals surface area contributed by atoms with E-state index >= 15 is 0 Å². The number of nitrogens with one attached hydrogen (secondary N) is 1. The summed E-state index contributed by atoms with van der Waals surface area (Å²) in [5.41, 5.74) is 1.05. The molecule has 0 aliphatic heterocycles. The lowest BCUT2D eigenvalue weighted by Gasteiger charge is -2.09. The second kappa shape index (κ2) is 5.55. The SMILES string of the molecule is Cc1cccc(NS(=O)(=O)c2ccc(C(=O)O)s2)c1C#N. The highest BCUT2D eigenvalue weighted by Gasteiger charge is 2.20. The van der Waals surface area contributed by atoms with E-state index < -0.39 is 16.0 Å². The van der Waals surface area contributed by atoms with Crippen molar-refractivity contribution in [3.63, 3.8) is 0 Å². The summed E-state index contributed by atoms with van der Waals surface area (Å²) in [6, 6.07) is 9.20. The number of nitriles is 1. The topological polar surface area (TPSA) is 107 Å². The molecular formula is C13H10N2O4S2. The zero-order chi connectivity index (χ0) is 15.6. The predicted octanol–water partition coefficient (Wildman–Crippen LogP) is 2.43. The van der Waals surface area contributed by atoms with Gasteiger partial charge in [0.1, 0.15) is 15.2 Å². The Bertz CT molecular complexity index is 847. The number of carbonyl (C=O) groups is 1. The normalized spacial score (nSPS) is 10.9. The van der Waals surface area contributed by atoms with Crippen LogP contribution in [-0.4, -0.2) is 19.5 Å².